The van der Waals surface area contributed by atoms with E-state index in [1.807, 2.05) is 18.2 Å². The van der Waals surface area contributed by atoms with Crippen LogP contribution in [0.5, 0.6) is 0 Å². The first-order chi connectivity index (χ1) is 9.06. The maximum atomic E-state index is 12.9. The summed E-state index contributed by atoms with van der Waals surface area (Å²) in [7, 11) is 0. The highest BCUT2D eigenvalue weighted by molar-refractivity contribution is 9.11. The van der Waals surface area contributed by atoms with Crippen LogP contribution < -0.4 is 5.32 Å². The molecule has 0 amide bonds. The number of alkyl halides is 2. The second-order valence-corrected chi connectivity index (χ2v) is 6.46. The molecular formula is C13H16Br2F2N2. The van der Waals surface area contributed by atoms with E-state index in [4.69, 9.17) is 0 Å². The molecule has 1 N–H and O–H groups in total. The Bertz CT molecular complexity index is 403. The van der Waals surface area contributed by atoms with Crippen LogP contribution in [0.4, 0.5) is 8.78 Å². The summed E-state index contributed by atoms with van der Waals surface area (Å²) in [5.41, 5.74) is 0.934. The van der Waals surface area contributed by atoms with Gasteiger partial charge in [-0.3, -0.25) is 4.90 Å². The van der Waals surface area contributed by atoms with Crippen LogP contribution in [0.25, 0.3) is 0 Å². The van der Waals surface area contributed by atoms with Crippen LogP contribution in [0.3, 0.4) is 0 Å². The highest BCUT2D eigenvalue weighted by Crippen LogP contribution is 2.31. The number of piperazine rings is 1. The predicted octanol–water partition coefficient (Wildman–Crippen LogP) is 3.81. The van der Waals surface area contributed by atoms with Crippen LogP contribution in [-0.2, 0) is 0 Å². The van der Waals surface area contributed by atoms with Gasteiger partial charge in [0.15, 0.2) is 0 Å². The first-order valence-electron chi connectivity index (χ1n) is 6.25. The van der Waals surface area contributed by atoms with Crippen molar-refractivity contribution in [2.45, 2.75) is 18.9 Å². The maximum Gasteiger partial charge on any atom is 0.240 e. The second kappa shape index (κ2) is 7.11. The van der Waals surface area contributed by atoms with E-state index in [0.717, 1.165) is 40.7 Å². The molecule has 6 heteroatoms. The molecule has 2 nitrogen and oxygen atoms in total. The molecule has 19 heavy (non-hydrogen) atoms. The SMILES string of the molecule is FC(F)C[C@H](c1cc(Br)cc(Br)c1)N1CCNCC1. The second-order valence-electron chi connectivity index (χ2n) is 4.63. The number of rotatable bonds is 4. The third-order valence-corrected chi connectivity index (χ3v) is 4.18. The van der Waals surface area contributed by atoms with E-state index in [9.17, 15) is 8.78 Å². The molecule has 0 aliphatic carbocycles. The molecule has 1 aromatic rings. The Morgan fingerprint density at radius 2 is 1.68 bits per heavy atom. The van der Waals surface area contributed by atoms with Gasteiger partial charge in [0, 0.05) is 47.6 Å². The van der Waals surface area contributed by atoms with Crippen molar-refractivity contribution in [3.63, 3.8) is 0 Å². The van der Waals surface area contributed by atoms with E-state index >= 15 is 0 Å². The Morgan fingerprint density at radius 3 is 2.21 bits per heavy atom. The lowest BCUT2D eigenvalue weighted by Gasteiger charge is -2.35. The van der Waals surface area contributed by atoms with E-state index in [0.29, 0.717) is 0 Å². The van der Waals surface area contributed by atoms with Crippen LogP contribution in [0, 0.1) is 0 Å². The van der Waals surface area contributed by atoms with E-state index in [1.54, 1.807) is 0 Å². The minimum Gasteiger partial charge on any atom is -0.314 e. The predicted molar refractivity (Wildman–Crippen MR) is 79.6 cm³/mol. The third kappa shape index (κ3) is 4.48. The Labute approximate surface area is 128 Å². The molecule has 0 saturated carbocycles. The Kier molecular flexibility index (Phi) is 5.74. The van der Waals surface area contributed by atoms with Crippen molar-refractivity contribution in [2.24, 2.45) is 0 Å². The van der Waals surface area contributed by atoms with Crippen molar-refractivity contribution in [3.8, 4) is 0 Å². The van der Waals surface area contributed by atoms with Crippen molar-refractivity contribution in [3.05, 3.63) is 32.7 Å². The Morgan fingerprint density at radius 1 is 1.11 bits per heavy atom. The molecule has 0 bridgehead atoms. The van der Waals surface area contributed by atoms with Crippen molar-refractivity contribution >= 4 is 31.9 Å². The fourth-order valence-electron chi connectivity index (χ4n) is 2.43. The van der Waals surface area contributed by atoms with Gasteiger partial charge in [0.1, 0.15) is 0 Å². The fourth-order valence-corrected chi connectivity index (χ4v) is 3.76. The number of halogens is 4. The van der Waals surface area contributed by atoms with Gasteiger partial charge in [0.05, 0.1) is 0 Å². The van der Waals surface area contributed by atoms with Gasteiger partial charge in [-0.15, -0.1) is 0 Å². The van der Waals surface area contributed by atoms with E-state index in [1.165, 1.54) is 0 Å². The molecule has 1 saturated heterocycles. The molecule has 1 aromatic carbocycles. The Hall–Kier alpha value is -0.0400. The quantitative estimate of drug-likeness (QED) is 0.830. The van der Waals surface area contributed by atoms with Gasteiger partial charge in [0.25, 0.3) is 0 Å². The zero-order valence-corrected chi connectivity index (χ0v) is 13.6. The molecular weight excluding hydrogens is 382 g/mol. The summed E-state index contributed by atoms with van der Waals surface area (Å²) in [5.74, 6) is 0. The lowest BCUT2D eigenvalue weighted by molar-refractivity contribution is 0.0739. The van der Waals surface area contributed by atoms with Crippen molar-refractivity contribution in [2.75, 3.05) is 26.2 Å². The van der Waals surface area contributed by atoms with Gasteiger partial charge in [0.2, 0.25) is 6.43 Å². The minimum absolute atomic E-state index is 0.122. The zero-order valence-electron chi connectivity index (χ0n) is 10.4. The summed E-state index contributed by atoms with van der Waals surface area (Å²) < 4.78 is 27.5. The molecule has 0 radical (unpaired) electrons. The number of hydrogen-bond acceptors (Lipinski definition) is 2. The summed E-state index contributed by atoms with van der Waals surface area (Å²) >= 11 is 6.85. The standard InChI is InChI=1S/C13H16Br2F2N2/c14-10-5-9(6-11(15)7-10)12(8-13(16)17)19-3-1-18-2-4-19/h5-7,12-13,18H,1-4,8H2/t12-/m1/s1. The normalized spacial score (nSPS) is 18.8. The summed E-state index contributed by atoms with van der Waals surface area (Å²) in [6.07, 6.45) is -2.42. The van der Waals surface area contributed by atoms with Gasteiger partial charge >= 0.3 is 0 Å². The topological polar surface area (TPSA) is 15.3 Å². The number of nitrogens with zero attached hydrogens (tertiary/aromatic N) is 1. The third-order valence-electron chi connectivity index (χ3n) is 3.26. The summed E-state index contributed by atoms with van der Waals surface area (Å²) in [4.78, 5) is 2.14. The highest BCUT2D eigenvalue weighted by Gasteiger charge is 2.25. The smallest absolute Gasteiger partial charge is 0.240 e. The molecule has 0 spiro atoms. The highest BCUT2D eigenvalue weighted by atomic mass is 79.9. The zero-order chi connectivity index (χ0) is 13.8. The Balaban J connectivity index is 2.24. The van der Waals surface area contributed by atoms with Gasteiger partial charge in [-0.1, -0.05) is 31.9 Å². The molecule has 1 heterocycles. The van der Waals surface area contributed by atoms with Crippen LogP contribution in [-0.4, -0.2) is 37.5 Å². The van der Waals surface area contributed by atoms with Crippen molar-refractivity contribution < 1.29 is 8.78 Å². The molecule has 0 aromatic heterocycles. The van der Waals surface area contributed by atoms with Gasteiger partial charge < -0.3 is 5.32 Å². The number of nitrogens with one attached hydrogen (secondary N) is 1. The lowest BCUT2D eigenvalue weighted by atomic mass is 10.0. The van der Waals surface area contributed by atoms with Crippen molar-refractivity contribution in [1.29, 1.82) is 0 Å². The monoisotopic (exact) mass is 396 g/mol. The lowest BCUT2D eigenvalue weighted by Crippen LogP contribution is -2.45. The average Bonchev–Trinajstić information content (AvgIpc) is 2.35. The molecule has 1 aliphatic rings. The van der Waals surface area contributed by atoms with E-state index in [2.05, 4.69) is 42.1 Å². The molecule has 2 rings (SSSR count). The summed E-state index contributed by atoms with van der Waals surface area (Å²) in [6, 6.07) is 5.55. The summed E-state index contributed by atoms with van der Waals surface area (Å²) in [5, 5.41) is 3.25. The van der Waals surface area contributed by atoms with Gasteiger partial charge in [-0.25, -0.2) is 8.78 Å². The molecule has 106 valence electrons. The van der Waals surface area contributed by atoms with E-state index in [-0.39, 0.29) is 12.5 Å². The largest absolute Gasteiger partial charge is 0.314 e. The fraction of sp³-hybridized carbons (Fsp3) is 0.538. The average molecular weight is 398 g/mol. The van der Waals surface area contributed by atoms with Crippen LogP contribution in [0.1, 0.15) is 18.0 Å². The minimum atomic E-state index is -2.29. The van der Waals surface area contributed by atoms with Crippen LogP contribution >= 0.6 is 31.9 Å². The molecule has 0 unspecified atom stereocenters. The first-order valence-corrected chi connectivity index (χ1v) is 7.84. The van der Waals surface area contributed by atoms with Gasteiger partial charge in [-0.05, 0) is 23.8 Å². The first kappa shape index (κ1) is 15.4. The van der Waals surface area contributed by atoms with Crippen LogP contribution in [0.15, 0.2) is 27.1 Å². The molecule has 1 atom stereocenters. The van der Waals surface area contributed by atoms with Crippen LogP contribution in [0.2, 0.25) is 0 Å². The molecule has 1 fully saturated rings. The van der Waals surface area contributed by atoms with Crippen molar-refractivity contribution in [1.82, 2.24) is 10.2 Å². The number of benzene rings is 1. The summed E-state index contributed by atoms with van der Waals surface area (Å²) in [6.45, 7) is 3.33. The van der Waals surface area contributed by atoms with Gasteiger partial charge in [-0.2, -0.15) is 0 Å². The number of hydrogen-bond donors (Lipinski definition) is 1. The maximum absolute atomic E-state index is 12.9. The van der Waals surface area contributed by atoms with E-state index < -0.39 is 6.43 Å². The molecule has 1 aliphatic heterocycles.